The van der Waals surface area contributed by atoms with Gasteiger partial charge in [0.25, 0.3) is 0 Å². The van der Waals surface area contributed by atoms with Crippen molar-refractivity contribution in [1.82, 2.24) is 19.5 Å². The summed E-state index contributed by atoms with van der Waals surface area (Å²) in [5.41, 5.74) is 6.54. The summed E-state index contributed by atoms with van der Waals surface area (Å²) in [4.78, 5) is 23.4. The Labute approximate surface area is 151 Å². The van der Waals surface area contributed by atoms with Crippen molar-refractivity contribution in [3.8, 4) is 6.01 Å². The fourth-order valence-corrected chi connectivity index (χ4v) is 2.93. The normalized spacial score (nSPS) is 15.6. The average molecular weight is 365 g/mol. The molecule has 0 saturated carbocycles. The summed E-state index contributed by atoms with van der Waals surface area (Å²) >= 11 is 0. The lowest BCUT2D eigenvalue weighted by atomic mass is 10.0. The van der Waals surface area contributed by atoms with Gasteiger partial charge in [0.2, 0.25) is 0 Å². The largest absolute Gasteiger partial charge is 0.463 e. The summed E-state index contributed by atoms with van der Waals surface area (Å²) in [7, 11) is 0. The van der Waals surface area contributed by atoms with Crippen LogP contribution in [0.2, 0.25) is 0 Å². The minimum atomic E-state index is -0.277. The van der Waals surface area contributed by atoms with Crippen LogP contribution < -0.4 is 16.2 Å². The van der Waals surface area contributed by atoms with E-state index in [0.29, 0.717) is 43.4 Å². The minimum Gasteiger partial charge on any atom is -0.463 e. The lowest BCUT2D eigenvalue weighted by Gasteiger charge is -2.21. The highest BCUT2D eigenvalue weighted by Gasteiger charge is 2.16. The van der Waals surface area contributed by atoms with Gasteiger partial charge in [-0.15, -0.1) is 0 Å². The first-order valence-corrected chi connectivity index (χ1v) is 9.23. The highest BCUT2D eigenvalue weighted by molar-refractivity contribution is 5.81. The quantitative estimate of drug-likeness (QED) is 0.644. The van der Waals surface area contributed by atoms with Gasteiger partial charge in [-0.2, -0.15) is 9.97 Å². The molecule has 0 spiro atoms. The van der Waals surface area contributed by atoms with Gasteiger partial charge in [-0.25, -0.2) is 4.79 Å². The van der Waals surface area contributed by atoms with Crippen molar-refractivity contribution < 1.29 is 14.2 Å². The number of ether oxygens (including phenoxy) is 3. The number of hydrogen-bond donors (Lipinski definition) is 2. The molecule has 0 aromatic carbocycles. The third kappa shape index (κ3) is 4.53. The second-order valence-electron chi connectivity index (χ2n) is 6.50. The molecule has 1 aliphatic rings. The Morgan fingerprint density at radius 1 is 1.31 bits per heavy atom. The van der Waals surface area contributed by atoms with E-state index in [4.69, 9.17) is 19.9 Å². The Kier molecular flexibility index (Phi) is 6.45. The van der Waals surface area contributed by atoms with E-state index in [-0.39, 0.29) is 17.5 Å². The van der Waals surface area contributed by atoms with E-state index in [0.717, 1.165) is 38.9 Å². The van der Waals surface area contributed by atoms with E-state index >= 15 is 0 Å². The lowest BCUT2D eigenvalue weighted by molar-refractivity contribution is 0.0189. The molecular weight excluding hydrogens is 338 g/mol. The topological polar surface area (TPSA) is 117 Å². The number of rotatable bonds is 9. The van der Waals surface area contributed by atoms with Crippen LogP contribution in [0.25, 0.3) is 11.2 Å². The van der Waals surface area contributed by atoms with E-state index in [1.54, 1.807) is 0 Å². The summed E-state index contributed by atoms with van der Waals surface area (Å²) in [6, 6.07) is 0.194. The molecule has 2 aromatic rings. The molecule has 1 aliphatic heterocycles. The Morgan fingerprint density at radius 2 is 2.12 bits per heavy atom. The summed E-state index contributed by atoms with van der Waals surface area (Å²) in [5.74, 6) is 0.737. The number of aromatic amines is 1. The second-order valence-corrected chi connectivity index (χ2v) is 6.50. The van der Waals surface area contributed by atoms with E-state index in [1.165, 1.54) is 4.57 Å². The van der Waals surface area contributed by atoms with Gasteiger partial charge in [0.15, 0.2) is 11.5 Å². The fourth-order valence-electron chi connectivity index (χ4n) is 2.93. The van der Waals surface area contributed by atoms with Crippen molar-refractivity contribution in [2.75, 3.05) is 38.8 Å². The lowest BCUT2D eigenvalue weighted by Crippen LogP contribution is -2.23. The Balaban J connectivity index is 1.64. The molecule has 0 aliphatic carbocycles. The number of fused-ring (bicyclic) bond motifs is 1. The maximum Gasteiger partial charge on any atom is 0.327 e. The first-order valence-electron chi connectivity index (χ1n) is 9.23. The van der Waals surface area contributed by atoms with Gasteiger partial charge in [0, 0.05) is 19.8 Å². The molecule has 3 rings (SSSR count). The van der Waals surface area contributed by atoms with Crippen molar-refractivity contribution in [2.24, 2.45) is 5.92 Å². The Bertz CT molecular complexity index is 766. The van der Waals surface area contributed by atoms with Crippen LogP contribution in [0.5, 0.6) is 6.01 Å². The molecule has 0 unspecified atom stereocenters. The molecule has 0 atom stereocenters. The molecule has 0 radical (unpaired) electrons. The summed E-state index contributed by atoms with van der Waals surface area (Å²) in [6.45, 7) is 5.70. The van der Waals surface area contributed by atoms with Gasteiger partial charge in [-0.05, 0) is 25.2 Å². The molecule has 0 bridgehead atoms. The zero-order valence-electron chi connectivity index (χ0n) is 15.2. The monoisotopic (exact) mass is 365 g/mol. The van der Waals surface area contributed by atoms with Gasteiger partial charge in [-0.3, -0.25) is 4.57 Å². The first kappa shape index (κ1) is 18.7. The molecule has 0 amide bonds. The number of nitrogens with two attached hydrogens (primary N) is 1. The van der Waals surface area contributed by atoms with E-state index in [9.17, 15) is 4.79 Å². The molecule has 26 heavy (non-hydrogen) atoms. The minimum absolute atomic E-state index is 0.194. The van der Waals surface area contributed by atoms with E-state index < -0.39 is 0 Å². The number of nitrogens with zero attached hydrogens (tertiary/aromatic N) is 3. The predicted molar refractivity (Wildman–Crippen MR) is 97.3 cm³/mol. The van der Waals surface area contributed by atoms with Crippen molar-refractivity contribution in [1.29, 1.82) is 0 Å². The number of H-pyrrole nitrogens is 1. The molecule has 3 heterocycles. The smallest absolute Gasteiger partial charge is 0.327 e. The highest BCUT2D eigenvalue weighted by atomic mass is 16.5. The summed E-state index contributed by atoms with van der Waals surface area (Å²) < 4.78 is 18.1. The van der Waals surface area contributed by atoms with Crippen LogP contribution >= 0.6 is 0 Å². The van der Waals surface area contributed by atoms with Crippen LogP contribution in [0, 0.1) is 5.92 Å². The van der Waals surface area contributed by atoms with Gasteiger partial charge in [0.05, 0.1) is 19.8 Å². The molecule has 9 nitrogen and oxygen atoms in total. The van der Waals surface area contributed by atoms with Crippen molar-refractivity contribution in [3.05, 3.63) is 10.5 Å². The average Bonchev–Trinajstić information content (AvgIpc) is 2.96. The summed E-state index contributed by atoms with van der Waals surface area (Å²) in [6.07, 6.45) is 3.96. The molecule has 3 N–H and O–H groups in total. The van der Waals surface area contributed by atoms with Crippen LogP contribution in [0.1, 0.15) is 32.6 Å². The number of unbranched alkanes of at least 4 members (excludes halogenated alkanes) is 1. The number of imidazole rings is 1. The van der Waals surface area contributed by atoms with Crippen LogP contribution in [0.15, 0.2) is 4.79 Å². The van der Waals surface area contributed by atoms with Crippen LogP contribution in [-0.2, 0) is 16.0 Å². The zero-order chi connectivity index (χ0) is 18.4. The molecule has 9 heteroatoms. The number of aromatic nitrogens is 4. The number of nitrogens with one attached hydrogen (secondary N) is 1. The van der Waals surface area contributed by atoms with E-state index in [2.05, 4.69) is 21.9 Å². The van der Waals surface area contributed by atoms with Crippen molar-refractivity contribution in [3.63, 3.8) is 0 Å². The predicted octanol–water partition coefficient (Wildman–Crippen LogP) is 1.32. The maximum absolute atomic E-state index is 12.2. The molecule has 1 saturated heterocycles. The van der Waals surface area contributed by atoms with Crippen LogP contribution in [0.4, 0.5) is 5.82 Å². The summed E-state index contributed by atoms with van der Waals surface area (Å²) in [5, 5.41) is 0. The van der Waals surface area contributed by atoms with Gasteiger partial charge in [-0.1, -0.05) is 13.3 Å². The SMILES string of the molecule is CCCCOc1nc(N)c2[nH]c(=O)n(CCOCC3CCOCC3)c2n1. The second kappa shape index (κ2) is 9.00. The van der Waals surface area contributed by atoms with Gasteiger partial charge < -0.3 is 24.9 Å². The number of hydrogen-bond acceptors (Lipinski definition) is 7. The third-order valence-corrected chi connectivity index (χ3v) is 4.51. The van der Waals surface area contributed by atoms with E-state index in [1.807, 2.05) is 0 Å². The Morgan fingerprint density at radius 3 is 2.88 bits per heavy atom. The number of nitrogen functional groups attached to an aromatic ring is 1. The molecule has 1 fully saturated rings. The molecule has 2 aromatic heterocycles. The maximum atomic E-state index is 12.2. The Hall–Kier alpha value is -2.13. The van der Waals surface area contributed by atoms with Crippen LogP contribution in [0.3, 0.4) is 0 Å². The van der Waals surface area contributed by atoms with Crippen molar-refractivity contribution in [2.45, 2.75) is 39.2 Å². The van der Waals surface area contributed by atoms with Gasteiger partial charge in [0.1, 0.15) is 5.52 Å². The standard InChI is InChI=1S/C17H27N5O4/c1-2-3-7-26-16-20-14(18)13-15(21-16)22(17(23)19-13)6-10-25-11-12-4-8-24-9-5-12/h12H,2-11H2,1H3,(H,19,23)(H2,18,20,21). The molecular formula is C17H27N5O4. The molecule has 144 valence electrons. The third-order valence-electron chi connectivity index (χ3n) is 4.51. The van der Waals surface area contributed by atoms with Crippen LogP contribution in [-0.4, -0.2) is 52.6 Å². The highest BCUT2D eigenvalue weighted by Crippen LogP contribution is 2.18. The zero-order valence-corrected chi connectivity index (χ0v) is 15.2. The fraction of sp³-hybridized carbons (Fsp3) is 0.706. The van der Waals surface area contributed by atoms with Gasteiger partial charge >= 0.3 is 11.7 Å². The number of anilines is 1. The van der Waals surface area contributed by atoms with Crippen molar-refractivity contribution >= 4 is 17.0 Å². The first-order chi connectivity index (χ1) is 12.7.